The van der Waals surface area contributed by atoms with Gasteiger partial charge in [-0.3, -0.25) is 4.79 Å². The lowest BCUT2D eigenvalue weighted by Gasteiger charge is -2.13. The molecule has 1 heterocycles. The van der Waals surface area contributed by atoms with Crippen molar-refractivity contribution in [1.29, 1.82) is 0 Å². The van der Waals surface area contributed by atoms with Crippen molar-refractivity contribution in [3.63, 3.8) is 0 Å². The molecule has 0 aliphatic carbocycles. The van der Waals surface area contributed by atoms with E-state index >= 15 is 0 Å². The summed E-state index contributed by atoms with van der Waals surface area (Å²) in [6.07, 6.45) is 0. The van der Waals surface area contributed by atoms with Crippen LogP contribution in [0.4, 0.5) is 5.69 Å². The van der Waals surface area contributed by atoms with Crippen molar-refractivity contribution in [3.05, 3.63) is 65.2 Å². The molecular weight excluding hydrogens is 446 g/mol. The highest BCUT2D eigenvalue weighted by molar-refractivity contribution is 7.89. The van der Waals surface area contributed by atoms with Gasteiger partial charge in [0.1, 0.15) is 10.7 Å². The minimum atomic E-state index is -3.67. The molecule has 0 spiro atoms. The smallest absolute Gasteiger partial charge is 0.275 e. The second kappa shape index (κ2) is 10.4. The van der Waals surface area contributed by atoms with Crippen LogP contribution in [0.15, 0.2) is 58.8 Å². The molecule has 0 saturated carbocycles. The first-order valence-corrected chi connectivity index (χ1v) is 12.5. The van der Waals surface area contributed by atoms with Crippen molar-refractivity contribution < 1.29 is 17.9 Å². The number of sulfonamides is 1. The fourth-order valence-corrected chi connectivity index (χ4v) is 5.09. The van der Waals surface area contributed by atoms with E-state index in [1.807, 2.05) is 12.1 Å². The Bertz CT molecular complexity index is 1150. The lowest BCUT2D eigenvalue weighted by Crippen LogP contribution is -2.35. The summed E-state index contributed by atoms with van der Waals surface area (Å²) in [7, 11) is -2.16. The first-order valence-electron chi connectivity index (χ1n) is 10.2. The number of nitrogens with zero attached hydrogens (tertiary/aromatic N) is 1. The molecule has 2 aromatic carbocycles. The summed E-state index contributed by atoms with van der Waals surface area (Å²) in [5.41, 5.74) is 3.00. The molecule has 9 heteroatoms. The number of carbonyl (C=O) groups is 1. The van der Waals surface area contributed by atoms with Gasteiger partial charge >= 0.3 is 0 Å². The molecule has 170 valence electrons. The quantitative estimate of drug-likeness (QED) is 0.477. The molecule has 0 radical (unpaired) electrons. The van der Waals surface area contributed by atoms with Crippen molar-refractivity contribution in [2.45, 2.75) is 37.6 Å². The largest absolute Gasteiger partial charge is 0.383 e. The van der Waals surface area contributed by atoms with Crippen molar-refractivity contribution in [2.75, 3.05) is 19.0 Å². The van der Waals surface area contributed by atoms with Crippen molar-refractivity contribution in [1.82, 2.24) is 9.71 Å². The first kappa shape index (κ1) is 24.1. The molecule has 32 heavy (non-hydrogen) atoms. The summed E-state index contributed by atoms with van der Waals surface area (Å²) in [6.45, 7) is 6.27. The number of methoxy groups -OCH3 is 1. The van der Waals surface area contributed by atoms with E-state index < -0.39 is 10.0 Å². The molecule has 0 fully saturated rings. The number of nitrogens with one attached hydrogen (secondary N) is 2. The molecule has 0 aliphatic heterocycles. The number of benzene rings is 2. The Kier molecular flexibility index (Phi) is 7.78. The molecule has 0 aliphatic rings. The predicted octanol–water partition coefficient (Wildman–Crippen LogP) is 4.50. The number of hydrogen-bond donors (Lipinski definition) is 2. The highest BCUT2D eigenvalue weighted by atomic mass is 32.2. The Morgan fingerprint density at radius 2 is 1.72 bits per heavy atom. The second-order valence-corrected chi connectivity index (χ2v) is 10.3. The molecule has 1 aromatic heterocycles. The molecule has 3 aromatic rings. The zero-order chi connectivity index (χ0) is 23.3. The second-order valence-electron chi connectivity index (χ2n) is 7.77. The van der Waals surface area contributed by atoms with Crippen LogP contribution in [-0.4, -0.2) is 39.1 Å². The third kappa shape index (κ3) is 6.01. The van der Waals surface area contributed by atoms with E-state index in [0.717, 1.165) is 10.6 Å². The van der Waals surface area contributed by atoms with E-state index in [4.69, 9.17) is 4.74 Å². The van der Waals surface area contributed by atoms with E-state index in [-0.39, 0.29) is 23.5 Å². The van der Waals surface area contributed by atoms with Crippen LogP contribution in [0.25, 0.3) is 10.6 Å². The van der Waals surface area contributed by atoms with Gasteiger partial charge in [0, 0.05) is 29.8 Å². The lowest BCUT2D eigenvalue weighted by atomic mass is 10.0. The molecule has 0 bridgehead atoms. The highest BCUT2D eigenvalue weighted by Gasteiger charge is 2.18. The molecule has 7 nitrogen and oxygen atoms in total. The van der Waals surface area contributed by atoms with Crippen LogP contribution < -0.4 is 10.0 Å². The van der Waals surface area contributed by atoms with Crippen LogP contribution in [0, 0.1) is 0 Å². The molecule has 3 rings (SSSR count). The average molecular weight is 474 g/mol. The molecule has 1 atom stereocenters. The third-order valence-corrected chi connectivity index (χ3v) is 7.25. The lowest BCUT2D eigenvalue weighted by molar-refractivity contribution is 0.102. The van der Waals surface area contributed by atoms with Gasteiger partial charge in [-0.1, -0.05) is 38.1 Å². The Balaban J connectivity index is 1.66. The summed E-state index contributed by atoms with van der Waals surface area (Å²) < 4.78 is 32.3. The van der Waals surface area contributed by atoms with Gasteiger partial charge in [-0.2, -0.15) is 0 Å². The SMILES string of the molecule is COC[C@H](C)NS(=O)(=O)c1ccc(NC(=O)c2csc(-c3ccc(C(C)C)cc3)n2)cc1. The first-order chi connectivity index (χ1) is 15.2. The summed E-state index contributed by atoms with van der Waals surface area (Å²) in [5, 5.41) is 5.23. The van der Waals surface area contributed by atoms with Crippen molar-refractivity contribution in [2.24, 2.45) is 0 Å². The fraction of sp³-hybridized carbons (Fsp3) is 0.304. The zero-order valence-electron chi connectivity index (χ0n) is 18.5. The molecule has 0 unspecified atom stereocenters. The highest BCUT2D eigenvalue weighted by Crippen LogP contribution is 2.26. The molecule has 1 amide bonds. The number of aromatic nitrogens is 1. The molecule has 0 saturated heterocycles. The third-order valence-electron chi connectivity index (χ3n) is 4.76. The summed E-state index contributed by atoms with van der Waals surface area (Å²) in [4.78, 5) is 17.1. The number of thiazole rings is 1. The van der Waals surface area contributed by atoms with E-state index in [1.54, 1.807) is 24.4 Å². The van der Waals surface area contributed by atoms with Crippen LogP contribution in [0.2, 0.25) is 0 Å². The Morgan fingerprint density at radius 3 is 2.31 bits per heavy atom. The maximum Gasteiger partial charge on any atom is 0.275 e. The van der Waals surface area contributed by atoms with Gasteiger partial charge < -0.3 is 10.1 Å². The van der Waals surface area contributed by atoms with Crippen molar-refractivity contribution >= 4 is 33.0 Å². The standard InChI is InChI=1S/C23H27N3O4S2/c1-15(2)17-5-7-18(8-6-17)23-25-21(14-31-23)22(27)24-19-9-11-20(12-10-19)32(28,29)26-16(3)13-30-4/h5-12,14-16,26H,13H2,1-4H3,(H,24,27)/t16-/m0/s1. The number of rotatable bonds is 9. The average Bonchev–Trinajstić information content (AvgIpc) is 3.24. The maximum atomic E-state index is 12.6. The minimum absolute atomic E-state index is 0.110. The van der Waals surface area contributed by atoms with Gasteiger partial charge in [0.2, 0.25) is 10.0 Å². The van der Waals surface area contributed by atoms with Crippen molar-refractivity contribution in [3.8, 4) is 10.6 Å². The van der Waals surface area contributed by atoms with Gasteiger partial charge in [-0.05, 0) is 42.7 Å². The van der Waals surface area contributed by atoms with Gasteiger partial charge in [-0.25, -0.2) is 18.1 Å². The summed E-state index contributed by atoms with van der Waals surface area (Å²) >= 11 is 1.40. The number of amides is 1. The Hall–Kier alpha value is -2.59. The monoisotopic (exact) mass is 473 g/mol. The number of ether oxygens (including phenoxy) is 1. The molecule has 2 N–H and O–H groups in total. The van der Waals surface area contributed by atoms with Gasteiger partial charge in [0.15, 0.2) is 0 Å². The Morgan fingerprint density at radius 1 is 1.06 bits per heavy atom. The van der Waals surface area contributed by atoms with Crippen LogP contribution >= 0.6 is 11.3 Å². The van der Waals surface area contributed by atoms with Gasteiger partial charge in [-0.15, -0.1) is 11.3 Å². The van der Waals surface area contributed by atoms with Gasteiger partial charge in [0.25, 0.3) is 5.91 Å². The zero-order valence-corrected chi connectivity index (χ0v) is 20.1. The maximum absolute atomic E-state index is 12.6. The van der Waals surface area contributed by atoms with Gasteiger partial charge in [0.05, 0.1) is 11.5 Å². The predicted molar refractivity (Wildman–Crippen MR) is 128 cm³/mol. The number of carbonyl (C=O) groups excluding carboxylic acids is 1. The van der Waals surface area contributed by atoms with Crippen LogP contribution in [0.3, 0.4) is 0 Å². The van der Waals surface area contributed by atoms with Crippen LogP contribution in [0.1, 0.15) is 42.7 Å². The summed E-state index contributed by atoms with van der Waals surface area (Å²) in [5.74, 6) is 0.0985. The van der Waals surface area contributed by atoms with E-state index in [2.05, 4.69) is 41.0 Å². The van der Waals surface area contributed by atoms with Crippen LogP contribution in [0.5, 0.6) is 0 Å². The Labute approximate surface area is 192 Å². The van der Waals surface area contributed by atoms with E-state index in [0.29, 0.717) is 17.3 Å². The topological polar surface area (TPSA) is 97.4 Å². The summed E-state index contributed by atoms with van der Waals surface area (Å²) in [6, 6.07) is 13.8. The molecular formula is C23H27N3O4S2. The minimum Gasteiger partial charge on any atom is -0.383 e. The van der Waals surface area contributed by atoms with E-state index in [9.17, 15) is 13.2 Å². The normalized spacial score (nSPS) is 12.7. The fourth-order valence-electron chi connectivity index (χ4n) is 3.05. The number of hydrogen-bond acceptors (Lipinski definition) is 6. The number of anilines is 1. The van der Waals surface area contributed by atoms with Crippen LogP contribution in [-0.2, 0) is 14.8 Å². The van der Waals surface area contributed by atoms with E-state index in [1.165, 1.54) is 36.1 Å².